The summed E-state index contributed by atoms with van der Waals surface area (Å²) in [4.78, 5) is 47.9. The molecule has 1 saturated heterocycles. The number of hydrogen-bond donors (Lipinski definition) is 2. The zero-order valence-corrected chi connectivity index (χ0v) is 17.1. The van der Waals surface area contributed by atoms with E-state index in [4.69, 9.17) is 4.74 Å². The number of alkyl halides is 3. The number of urea groups is 1. The molecule has 0 unspecified atom stereocenters. The molecule has 2 N–H and O–H groups in total. The molecule has 0 radical (unpaired) electrons. The van der Waals surface area contributed by atoms with Gasteiger partial charge in [-0.1, -0.05) is 6.07 Å². The van der Waals surface area contributed by atoms with Crippen LogP contribution in [-0.2, 0) is 11.0 Å². The normalized spacial score (nSPS) is 14.3. The summed E-state index contributed by atoms with van der Waals surface area (Å²) >= 11 is 0. The van der Waals surface area contributed by atoms with E-state index in [0.29, 0.717) is 22.7 Å². The quantitative estimate of drug-likeness (QED) is 0.439. The van der Waals surface area contributed by atoms with Crippen molar-refractivity contribution in [3.63, 3.8) is 0 Å². The largest absolute Gasteiger partial charge is 0.455 e. The molecule has 1 fully saturated rings. The summed E-state index contributed by atoms with van der Waals surface area (Å²) in [6.07, 6.45) is -3.12. The minimum Gasteiger partial charge on any atom is -0.455 e. The number of carbonyl (C=O) groups excluding carboxylic acids is 2. The summed E-state index contributed by atoms with van der Waals surface area (Å²) in [6, 6.07) is 11.0. The van der Waals surface area contributed by atoms with Gasteiger partial charge in [0.25, 0.3) is 5.91 Å². The molecule has 0 aliphatic carbocycles. The first kappa shape index (κ1) is 21.2. The minimum absolute atomic E-state index is 0.0298. The number of H-pyrrole nitrogens is 2. The van der Waals surface area contributed by atoms with Gasteiger partial charge >= 0.3 is 17.9 Å². The zero-order valence-electron chi connectivity index (χ0n) is 17.1. The van der Waals surface area contributed by atoms with Gasteiger partial charge < -0.3 is 9.72 Å². The third-order valence-corrected chi connectivity index (χ3v) is 5.16. The Balaban J connectivity index is 1.38. The first-order valence-corrected chi connectivity index (χ1v) is 9.87. The molecule has 2 aromatic heterocycles. The van der Waals surface area contributed by atoms with Crippen molar-refractivity contribution in [3.05, 3.63) is 76.8 Å². The average Bonchev–Trinajstić information content (AvgIpc) is 3.33. The lowest BCUT2D eigenvalue weighted by Gasteiger charge is -2.18. The van der Waals surface area contributed by atoms with E-state index in [1.54, 1.807) is 6.07 Å². The molecule has 1 aliphatic heterocycles. The summed E-state index contributed by atoms with van der Waals surface area (Å²) < 4.78 is 44.9. The molecule has 0 bridgehead atoms. The molecule has 0 spiro atoms. The van der Waals surface area contributed by atoms with Gasteiger partial charge in [-0.25, -0.2) is 19.5 Å². The Kier molecular flexibility index (Phi) is 4.85. The number of pyridine rings is 1. The SMILES string of the molecule is O=C1CN(c2cccc(C(F)(F)F)c2)C(=O)N1c1ccc(Oc2ccnc3[nH]c(=O)[nH]c23)cc1. The topological polar surface area (TPSA) is 111 Å². The van der Waals surface area contributed by atoms with Crippen LogP contribution in [0.5, 0.6) is 11.5 Å². The molecule has 5 rings (SSSR count). The second-order valence-electron chi connectivity index (χ2n) is 7.35. The molecule has 3 heterocycles. The van der Waals surface area contributed by atoms with E-state index in [1.165, 1.54) is 42.6 Å². The molecule has 1 aliphatic rings. The Morgan fingerprint density at radius 1 is 0.941 bits per heavy atom. The van der Waals surface area contributed by atoms with Gasteiger partial charge in [0.15, 0.2) is 11.4 Å². The van der Waals surface area contributed by atoms with Crippen molar-refractivity contribution in [2.45, 2.75) is 6.18 Å². The van der Waals surface area contributed by atoms with Crippen molar-refractivity contribution in [3.8, 4) is 11.5 Å². The van der Waals surface area contributed by atoms with Crippen LogP contribution in [0.1, 0.15) is 5.56 Å². The molecule has 172 valence electrons. The number of hydrogen-bond acceptors (Lipinski definition) is 5. The Morgan fingerprint density at radius 3 is 2.44 bits per heavy atom. The van der Waals surface area contributed by atoms with Crippen molar-refractivity contribution >= 4 is 34.5 Å². The van der Waals surface area contributed by atoms with E-state index in [2.05, 4.69) is 15.0 Å². The molecular weight excluding hydrogens is 455 g/mol. The fraction of sp³-hybridized carbons (Fsp3) is 0.0909. The van der Waals surface area contributed by atoms with E-state index in [-0.39, 0.29) is 11.4 Å². The number of nitrogens with one attached hydrogen (secondary N) is 2. The number of halogens is 3. The summed E-state index contributed by atoms with van der Waals surface area (Å²) in [5, 5.41) is 0. The molecule has 34 heavy (non-hydrogen) atoms. The van der Waals surface area contributed by atoms with Crippen LogP contribution in [0.2, 0.25) is 0 Å². The Hall–Kier alpha value is -4.61. The molecule has 9 nitrogen and oxygen atoms in total. The molecule has 2 aromatic carbocycles. The van der Waals surface area contributed by atoms with Gasteiger partial charge in [-0.2, -0.15) is 13.2 Å². The lowest BCUT2D eigenvalue weighted by atomic mass is 10.2. The summed E-state index contributed by atoms with van der Waals surface area (Å²) in [5.74, 6) is 0.101. The van der Waals surface area contributed by atoms with Crippen LogP contribution in [0.4, 0.5) is 29.3 Å². The number of aromatic amines is 2. The van der Waals surface area contributed by atoms with Gasteiger partial charge in [0.2, 0.25) is 0 Å². The smallest absolute Gasteiger partial charge is 0.416 e. The van der Waals surface area contributed by atoms with Crippen molar-refractivity contribution in [2.24, 2.45) is 0 Å². The van der Waals surface area contributed by atoms with Crippen LogP contribution in [-0.4, -0.2) is 33.4 Å². The van der Waals surface area contributed by atoms with E-state index in [9.17, 15) is 27.6 Å². The van der Waals surface area contributed by atoms with E-state index in [0.717, 1.165) is 21.9 Å². The standard InChI is InChI=1S/C22H14F3N5O4/c23-22(24,25)12-2-1-3-14(10-12)29-11-17(31)30(21(29)33)13-4-6-15(7-5-13)34-16-8-9-26-19-18(16)27-20(32)28-19/h1-10H,11H2,(H2,26,27,28,32). The lowest BCUT2D eigenvalue weighted by Crippen LogP contribution is -2.33. The number of amides is 3. The Labute approximate surface area is 188 Å². The van der Waals surface area contributed by atoms with Crippen LogP contribution in [0.25, 0.3) is 11.2 Å². The number of anilines is 2. The van der Waals surface area contributed by atoms with Crippen molar-refractivity contribution in [1.29, 1.82) is 0 Å². The highest BCUT2D eigenvalue weighted by molar-refractivity contribution is 6.26. The van der Waals surface area contributed by atoms with Crippen molar-refractivity contribution in [1.82, 2.24) is 15.0 Å². The van der Waals surface area contributed by atoms with Gasteiger partial charge in [0.05, 0.1) is 11.3 Å². The molecular formula is C22H14F3N5O4. The number of imidazole rings is 1. The number of fused-ring (bicyclic) bond motifs is 1. The monoisotopic (exact) mass is 469 g/mol. The highest BCUT2D eigenvalue weighted by Crippen LogP contribution is 2.34. The van der Waals surface area contributed by atoms with E-state index < -0.39 is 35.9 Å². The van der Waals surface area contributed by atoms with Crippen LogP contribution in [0.3, 0.4) is 0 Å². The van der Waals surface area contributed by atoms with Gasteiger partial charge in [-0.15, -0.1) is 0 Å². The number of rotatable bonds is 4. The van der Waals surface area contributed by atoms with Gasteiger partial charge in [-0.3, -0.25) is 14.7 Å². The number of carbonyl (C=O) groups is 2. The maximum Gasteiger partial charge on any atom is 0.416 e. The first-order valence-electron chi connectivity index (χ1n) is 9.87. The molecule has 3 amide bonds. The zero-order chi connectivity index (χ0) is 24.0. The Morgan fingerprint density at radius 2 is 1.71 bits per heavy atom. The highest BCUT2D eigenvalue weighted by Gasteiger charge is 2.39. The second kappa shape index (κ2) is 7.76. The van der Waals surface area contributed by atoms with Crippen LogP contribution < -0.4 is 20.2 Å². The number of benzene rings is 2. The summed E-state index contributed by atoms with van der Waals surface area (Å²) in [6.45, 7) is -0.395. The van der Waals surface area contributed by atoms with Crippen LogP contribution in [0, 0.1) is 0 Å². The van der Waals surface area contributed by atoms with Gasteiger partial charge in [0, 0.05) is 18.0 Å². The third kappa shape index (κ3) is 3.74. The van der Waals surface area contributed by atoms with Crippen LogP contribution in [0.15, 0.2) is 65.6 Å². The number of imide groups is 1. The fourth-order valence-electron chi connectivity index (χ4n) is 3.59. The summed E-state index contributed by atoms with van der Waals surface area (Å²) in [7, 11) is 0. The van der Waals surface area contributed by atoms with Gasteiger partial charge in [0.1, 0.15) is 17.8 Å². The third-order valence-electron chi connectivity index (χ3n) is 5.16. The maximum absolute atomic E-state index is 13.0. The molecule has 4 aromatic rings. The van der Waals surface area contributed by atoms with Gasteiger partial charge in [-0.05, 0) is 42.5 Å². The van der Waals surface area contributed by atoms with E-state index in [1.807, 2.05) is 0 Å². The maximum atomic E-state index is 13.0. The molecule has 0 atom stereocenters. The Bertz CT molecular complexity index is 1480. The van der Waals surface area contributed by atoms with E-state index >= 15 is 0 Å². The predicted octanol–water partition coefficient (Wildman–Crippen LogP) is 4.04. The van der Waals surface area contributed by atoms with Crippen molar-refractivity contribution < 1.29 is 27.5 Å². The first-order chi connectivity index (χ1) is 16.2. The molecule has 0 saturated carbocycles. The second-order valence-corrected chi connectivity index (χ2v) is 7.35. The minimum atomic E-state index is -4.58. The van der Waals surface area contributed by atoms with Crippen LogP contribution >= 0.6 is 0 Å². The number of nitrogens with zero attached hydrogens (tertiary/aromatic N) is 3. The van der Waals surface area contributed by atoms with Crippen molar-refractivity contribution in [2.75, 3.05) is 16.3 Å². The summed E-state index contributed by atoms with van der Waals surface area (Å²) in [5.41, 5.74) is -0.464. The average molecular weight is 469 g/mol. The fourth-order valence-corrected chi connectivity index (χ4v) is 3.59. The number of aromatic nitrogens is 3. The lowest BCUT2D eigenvalue weighted by molar-refractivity contribution is -0.137. The number of ether oxygens (including phenoxy) is 1. The predicted molar refractivity (Wildman–Crippen MR) is 115 cm³/mol. The molecule has 12 heteroatoms. The highest BCUT2D eigenvalue weighted by atomic mass is 19.4.